The summed E-state index contributed by atoms with van der Waals surface area (Å²) >= 11 is 0. The summed E-state index contributed by atoms with van der Waals surface area (Å²) in [5.41, 5.74) is 1.37. The summed E-state index contributed by atoms with van der Waals surface area (Å²) in [4.78, 5) is 4.12. The van der Waals surface area contributed by atoms with Gasteiger partial charge in [-0.1, -0.05) is 6.07 Å². The van der Waals surface area contributed by atoms with E-state index in [1.807, 2.05) is 13.8 Å². The molecular formula is C21H18F3N3O3. The van der Waals surface area contributed by atoms with Gasteiger partial charge in [-0.05, 0) is 43.7 Å². The molecule has 0 atom stereocenters. The van der Waals surface area contributed by atoms with E-state index >= 15 is 0 Å². The van der Waals surface area contributed by atoms with E-state index in [-0.39, 0.29) is 24.2 Å². The quantitative estimate of drug-likeness (QED) is 0.645. The number of hydrogen-bond acceptors (Lipinski definition) is 5. The molecule has 1 N–H and O–H groups in total. The van der Waals surface area contributed by atoms with E-state index in [9.17, 15) is 18.3 Å². The smallest absolute Gasteiger partial charge is 0.454 e. The zero-order valence-electron chi connectivity index (χ0n) is 17.1. The largest absolute Gasteiger partial charge is 0.573 e. The number of aliphatic hydroxyl groups excluding tert-OH is 1. The van der Waals surface area contributed by atoms with Gasteiger partial charge in [-0.3, -0.25) is 9.67 Å². The number of ether oxygens (including phenoxy) is 2. The first-order chi connectivity index (χ1) is 14.6. The average Bonchev–Trinajstić information content (AvgIpc) is 3.15. The van der Waals surface area contributed by atoms with Crippen LogP contribution in [0.2, 0.25) is 0 Å². The molecule has 2 heterocycles. The molecule has 0 fully saturated rings. The SMILES string of the molecule is [2H]C1=Nc2cc(OC(F)(F)F)ccc2Oc2ccc(-c3cnn(C(C)(C)CO)c3)cc21. The van der Waals surface area contributed by atoms with Gasteiger partial charge in [-0.15, -0.1) is 13.2 Å². The van der Waals surface area contributed by atoms with Crippen LogP contribution in [-0.4, -0.2) is 34.0 Å². The van der Waals surface area contributed by atoms with Crippen molar-refractivity contribution >= 4 is 11.9 Å². The van der Waals surface area contributed by atoms with Crippen LogP contribution >= 0.6 is 0 Å². The molecule has 6 nitrogen and oxygen atoms in total. The normalized spacial score (nSPS) is 14.1. The number of alkyl halides is 3. The van der Waals surface area contributed by atoms with Crippen molar-refractivity contribution < 1.29 is 29.1 Å². The molecule has 0 amide bonds. The van der Waals surface area contributed by atoms with Crippen LogP contribution in [0.5, 0.6) is 17.2 Å². The second-order valence-electron chi connectivity index (χ2n) is 7.36. The Bertz CT molecular complexity index is 1170. The molecule has 9 heteroatoms. The lowest BCUT2D eigenvalue weighted by Crippen LogP contribution is -2.30. The van der Waals surface area contributed by atoms with Crippen LogP contribution in [-0.2, 0) is 5.54 Å². The molecule has 1 aliphatic rings. The lowest BCUT2D eigenvalue weighted by Gasteiger charge is -2.22. The number of rotatable bonds is 4. The monoisotopic (exact) mass is 418 g/mol. The van der Waals surface area contributed by atoms with Crippen LogP contribution in [0.25, 0.3) is 11.1 Å². The van der Waals surface area contributed by atoms with Gasteiger partial charge in [0.1, 0.15) is 17.2 Å². The summed E-state index contributed by atoms with van der Waals surface area (Å²) in [5.74, 6) is 0.115. The van der Waals surface area contributed by atoms with Gasteiger partial charge in [0.15, 0.2) is 5.75 Å². The number of hydrogen-bond donors (Lipinski definition) is 1. The average molecular weight is 418 g/mol. The summed E-state index contributed by atoms with van der Waals surface area (Å²) < 4.78 is 57.2. The second kappa shape index (κ2) is 7.17. The van der Waals surface area contributed by atoms with Crippen molar-refractivity contribution in [3.05, 3.63) is 54.4 Å². The maximum atomic E-state index is 12.5. The van der Waals surface area contributed by atoms with E-state index in [4.69, 9.17) is 6.11 Å². The first-order valence-corrected chi connectivity index (χ1v) is 8.99. The number of aliphatic imine (C=N–C) groups is 1. The highest BCUT2D eigenvalue weighted by Gasteiger charge is 2.31. The Kier molecular flexibility index (Phi) is 4.47. The number of aliphatic hydroxyl groups is 1. The second-order valence-corrected chi connectivity index (χ2v) is 7.36. The molecule has 1 aromatic heterocycles. The lowest BCUT2D eigenvalue weighted by atomic mass is 10.1. The Balaban J connectivity index is 1.70. The van der Waals surface area contributed by atoms with E-state index < -0.39 is 17.7 Å². The Morgan fingerprint density at radius 1 is 1.13 bits per heavy atom. The van der Waals surface area contributed by atoms with Crippen molar-refractivity contribution in [2.45, 2.75) is 25.7 Å². The Morgan fingerprint density at radius 3 is 2.63 bits per heavy atom. The fourth-order valence-electron chi connectivity index (χ4n) is 2.87. The first kappa shape index (κ1) is 18.7. The van der Waals surface area contributed by atoms with Crippen molar-refractivity contribution in [1.82, 2.24) is 9.78 Å². The third-order valence-electron chi connectivity index (χ3n) is 4.58. The van der Waals surface area contributed by atoms with E-state index in [0.29, 0.717) is 11.3 Å². The van der Waals surface area contributed by atoms with E-state index in [1.165, 1.54) is 6.07 Å². The third-order valence-corrected chi connectivity index (χ3v) is 4.58. The van der Waals surface area contributed by atoms with Gasteiger partial charge in [-0.25, -0.2) is 0 Å². The number of halogens is 3. The standard InChI is InChI=1S/C21H18F3N3O3/c1-20(2,12-28)27-11-15(10-26-27)13-3-5-18-14(7-13)9-25-17-8-16(30-21(22,23)24)4-6-19(17)29-18/h3-11,28H,12H2,1-2H3/i9D. The van der Waals surface area contributed by atoms with Crippen molar-refractivity contribution in [3.8, 4) is 28.4 Å². The molecule has 2 aromatic carbocycles. The number of nitrogens with zero attached hydrogens (tertiary/aromatic N) is 3. The van der Waals surface area contributed by atoms with Gasteiger partial charge >= 0.3 is 6.36 Å². The molecule has 0 radical (unpaired) electrons. The summed E-state index contributed by atoms with van der Waals surface area (Å²) in [6, 6.07) is 8.67. The highest BCUT2D eigenvalue weighted by Crippen LogP contribution is 2.40. The predicted molar refractivity (Wildman–Crippen MR) is 105 cm³/mol. The molecule has 156 valence electrons. The van der Waals surface area contributed by atoms with Gasteiger partial charge in [0.2, 0.25) is 0 Å². The van der Waals surface area contributed by atoms with Gasteiger partial charge < -0.3 is 14.6 Å². The maximum Gasteiger partial charge on any atom is 0.573 e. The topological polar surface area (TPSA) is 68.9 Å². The van der Waals surface area contributed by atoms with Crippen LogP contribution < -0.4 is 9.47 Å². The molecule has 0 bridgehead atoms. The highest BCUT2D eigenvalue weighted by molar-refractivity contribution is 5.90. The van der Waals surface area contributed by atoms with E-state index in [2.05, 4.69) is 14.8 Å². The molecule has 0 spiro atoms. The number of fused-ring (bicyclic) bond motifs is 2. The molecule has 0 aliphatic carbocycles. The molecular weight excluding hydrogens is 399 g/mol. The van der Waals surface area contributed by atoms with Crippen LogP contribution in [0.3, 0.4) is 0 Å². The Hall–Kier alpha value is -3.33. The van der Waals surface area contributed by atoms with Gasteiger partial charge in [-0.2, -0.15) is 5.10 Å². The zero-order valence-corrected chi connectivity index (χ0v) is 16.1. The van der Waals surface area contributed by atoms with Crippen LogP contribution in [0.4, 0.5) is 18.9 Å². The minimum Gasteiger partial charge on any atom is -0.454 e. The molecule has 0 saturated carbocycles. The fraction of sp³-hybridized carbons (Fsp3) is 0.238. The van der Waals surface area contributed by atoms with E-state index in [0.717, 1.165) is 23.3 Å². The third kappa shape index (κ3) is 4.02. The Labute approximate surface area is 171 Å². The molecule has 3 aromatic rings. The highest BCUT2D eigenvalue weighted by atomic mass is 19.4. The summed E-state index contributed by atoms with van der Waals surface area (Å²) in [5, 5.41) is 13.8. The van der Waals surface area contributed by atoms with Crippen LogP contribution in [0, 0.1) is 0 Å². The predicted octanol–water partition coefficient (Wildman–Crippen LogP) is 5.03. The fourth-order valence-corrected chi connectivity index (χ4v) is 2.87. The first-order valence-electron chi connectivity index (χ1n) is 9.49. The van der Waals surface area contributed by atoms with Crippen LogP contribution in [0.15, 0.2) is 53.8 Å². The Morgan fingerprint density at radius 2 is 1.90 bits per heavy atom. The van der Waals surface area contributed by atoms with Crippen molar-refractivity contribution in [1.29, 1.82) is 0 Å². The molecule has 1 aliphatic heterocycles. The zero-order chi connectivity index (χ0) is 22.4. The van der Waals surface area contributed by atoms with Gasteiger partial charge in [0.25, 0.3) is 0 Å². The van der Waals surface area contributed by atoms with Crippen molar-refractivity contribution in [2.75, 3.05) is 6.61 Å². The summed E-state index contributed by atoms with van der Waals surface area (Å²) in [7, 11) is 0. The minimum atomic E-state index is -4.83. The van der Waals surface area contributed by atoms with Gasteiger partial charge in [0, 0.05) is 29.6 Å². The molecule has 0 unspecified atom stereocenters. The molecule has 0 saturated heterocycles. The van der Waals surface area contributed by atoms with Crippen molar-refractivity contribution in [2.24, 2.45) is 4.99 Å². The van der Waals surface area contributed by atoms with E-state index in [1.54, 1.807) is 35.3 Å². The van der Waals surface area contributed by atoms with Crippen LogP contribution in [0.1, 0.15) is 20.8 Å². The minimum absolute atomic E-state index is 0.0574. The number of benzene rings is 2. The molecule has 4 rings (SSSR count). The van der Waals surface area contributed by atoms with Crippen molar-refractivity contribution in [3.63, 3.8) is 0 Å². The summed E-state index contributed by atoms with van der Waals surface area (Å²) in [6.45, 7) is 3.60. The van der Waals surface area contributed by atoms with Gasteiger partial charge in [0.05, 0.1) is 19.7 Å². The summed E-state index contributed by atoms with van der Waals surface area (Å²) in [6.07, 6.45) is -1.57. The molecule has 30 heavy (non-hydrogen) atoms. The number of aromatic nitrogens is 2. The maximum absolute atomic E-state index is 12.5. The lowest BCUT2D eigenvalue weighted by molar-refractivity contribution is -0.274.